The third-order valence-corrected chi connectivity index (χ3v) is 6.67. The molecule has 10 heteroatoms. The van der Waals surface area contributed by atoms with Gasteiger partial charge in [-0.25, -0.2) is 9.97 Å². The Morgan fingerprint density at radius 3 is 2.84 bits per heavy atom. The van der Waals surface area contributed by atoms with Crippen LogP contribution in [0.3, 0.4) is 0 Å². The molecule has 1 N–H and O–H groups in total. The number of rotatable bonds is 7. The van der Waals surface area contributed by atoms with Crippen LogP contribution in [0.5, 0.6) is 11.5 Å². The van der Waals surface area contributed by atoms with Crippen molar-refractivity contribution in [3.05, 3.63) is 35.2 Å². The average Bonchev–Trinajstić information content (AvgIpc) is 3.43. The number of nitrogens with one attached hydrogen (secondary N) is 1. The van der Waals surface area contributed by atoms with E-state index in [1.807, 2.05) is 35.2 Å². The highest BCUT2D eigenvalue weighted by molar-refractivity contribution is 7.14. The minimum atomic E-state index is -0.0507. The molecule has 31 heavy (non-hydrogen) atoms. The second-order valence-electron chi connectivity index (χ2n) is 7.08. The number of carbonyl (C=O) groups is 1. The molecule has 3 heterocycles. The van der Waals surface area contributed by atoms with Crippen molar-refractivity contribution < 1.29 is 14.3 Å². The Kier molecular flexibility index (Phi) is 7.00. The number of ether oxygens (including phenoxy) is 2. The molecule has 0 saturated carbocycles. The van der Waals surface area contributed by atoms with Crippen LogP contribution >= 0.6 is 22.7 Å². The summed E-state index contributed by atoms with van der Waals surface area (Å²) in [6.45, 7) is 3.91. The van der Waals surface area contributed by atoms with Crippen LogP contribution in [-0.4, -0.2) is 67.7 Å². The second kappa shape index (κ2) is 10.1. The van der Waals surface area contributed by atoms with Crippen molar-refractivity contribution in [2.45, 2.75) is 6.42 Å². The van der Waals surface area contributed by atoms with Gasteiger partial charge in [-0.3, -0.25) is 9.69 Å². The molecule has 0 spiro atoms. The first kappa shape index (κ1) is 21.5. The van der Waals surface area contributed by atoms with Gasteiger partial charge in [0.1, 0.15) is 11.5 Å². The molecule has 8 nitrogen and oxygen atoms in total. The SMILES string of the molecule is COc1ccc(-c2csc(NC(=O)CN3CCCN(c4nccs4)CC3)n2)c(OC)c1. The number of anilines is 2. The Bertz CT molecular complexity index is 1010. The fourth-order valence-corrected chi connectivity index (χ4v) is 4.94. The first-order chi connectivity index (χ1) is 15.2. The van der Waals surface area contributed by atoms with Gasteiger partial charge in [-0.2, -0.15) is 0 Å². The largest absolute Gasteiger partial charge is 0.497 e. The van der Waals surface area contributed by atoms with Gasteiger partial charge in [0.15, 0.2) is 10.3 Å². The number of amides is 1. The van der Waals surface area contributed by atoms with Crippen molar-refractivity contribution in [3.8, 4) is 22.8 Å². The van der Waals surface area contributed by atoms with Crippen molar-refractivity contribution in [3.63, 3.8) is 0 Å². The summed E-state index contributed by atoms with van der Waals surface area (Å²) >= 11 is 3.06. The predicted octanol–water partition coefficient (Wildman–Crippen LogP) is 3.43. The number of carbonyl (C=O) groups excluding carboxylic acids is 1. The molecule has 3 aromatic rings. The lowest BCUT2D eigenvalue weighted by Gasteiger charge is -2.20. The van der Waals surface area contributed by atoms with Crippen molar-refractivity contribution >= 4 is 38.8 Å². The van der Waals surface area contributed by atoms with E-state index in [1.165, 1.54) is 11.3 Å². The van der Waals surface area contributed by atoms with Gasteiger partial charge in [-0.05, 0) is 18.6 Å². The van der Waals surface area contributed by atoms with Gasteiger partial charge < -0.3 is 19.7 Å². The maximum Gasteiger partial charge on any atom is 0.240 e. The highest BCUT2D eigenvalue weighted by Gasteiger charge is 2.19. The van der Waals surface area contributed by atoms with Crippen LogP contribution < -0.4 is 19.7 Å². The van der Waals surface area contributed by atoms with Crippen molar-refractivity contribution in [1.82, 2.24) is 14.9 Å². The molecule has 0 bridgehead atoms. The van der Waals surface area contributed by atoms with Crippen molar-refractivity contribution in [2.75, 3.05) is 57.2 Å². The maximum atomic E-state index is 12.6. The minimum Gasteiger partial charge on any atom is -0.497 e. The molecular formula is C21H25N5O3S2. The third kappa shape index (κ3) is 5.33. The Morgan fingerprint density at radius 2 is 2.06 bits per heavy atom. The lowest BCUT2D eigenvalue weighted by molar-refractivity contribution is -0.117. The van der Waals surface area contributed by atoms with Gasteiger partial charge in [-0.1, -0.05) is 0 Å². The number of hydrogen-bond donors (Lipinski definition) is 1. The monoisotopic (exact) mass is 459 g/mol. The number of hydrogen-bond acceptors (Lipinski definition) is 9. The smallest absolute Gasteiger partial charge is 0.240 e. The van der Waals surface area contributed by atoms with Crippen LogP contribution in [0.1, 0.15) is 6.42 Å². The third-order valence-electron chi connectivity index (χ3n) is 5.08. The molecular weight excluding hydrogens is 434 g/mol. The molecule has 1 saturated heterocycles. The highest BCUT2D eigenvalue weighted by Crippen LogP contribution is 2.34. The summed E-state index contributed by atoms with van der Waals surface area (Å²) in [6.07, 6.45) is 2.84. The topological polar surface area (TPSA) is 79.8 Å². The number of methoxy groups -OCH3 is 2. The van der Waals surface area contributed by atoms with Crippen LogP contribution in [0.25, 0.3) is 11.3 Å². The first-order valence-corrected chi connectivity index (χ1v) is 11.8. The summed E-state index contributed by atoms with van der Waals surface area (Å²) in [5.74, 6) is 1.34. The normalized spacial score (nSPS) is 14.8. The Morgan fingerprint density at radius 1 is 1.16 bits per heavy atom. The van der Waals surface area contributed by atoms with Gasteiger partial charge in [0, 0.05) is 54.8 Å². The van der Waals surface area contributed by atoms with E-state index in [9.17, 15) is 4.79 Å². The van der Waals surface area contributed by atoms with E-state index in [0.29, 0.717) is 17.4 Å². The first-order valence-electron chi connectivity index (χ1n) is 10.0. The molecule has 2 aromatic heterocycles. The summed E-state index contributed by atoms with van der Waals surface area (Å²) in [7, 11) is 3.23. The average molecular weight is 460 g/mol. The Balaban J connectivity index is 1.34. The zero-order valence-electron chi connectivity index (χ0n) is 17.5. The van der Waals surface area contributed by atoms with E-state index in [-0.39, 0.29) is 5.91 Å². The molecule has 1 fully saturated rings. The molecule has 1 aromatic carbocycles. The van der Waals surface area contributed by atoms with Gasteiger partial charge in [0.25, 0.3) is 0 Å². The van der Waals surface area contributed by atoms with E-state index in [2.05, 4.69) is 25.1 Å². The van der Waals surface area contributed by atoms with E-state index in [1.54, 1.807) is 25.6 Å². The molecule has 0 aliphatic carbocycles. The Hall–Kier alpha value is -2.69. The minimum absolute atomic E-state index is 0.0507. The van der Waals surface area contributed by atoms with Crippen LogP contribution in [0.15, 0.2) is 35.2 Å². The number of nitrogens with zero attached hydrogens (tertiary/aromatic N) is 4. The summed E-state index contributed by atoms with van der Waals surface area (Å²) in [5.41, 5.74) is 1.61. The molecule has 4 rings (SSSR count). The number of thiazole rings is 2. The fraction of sp³-hybridized carbons (Fsp3) is 0.381. The quantitative estimate of drug-likeness (QED) is 0.580. The molecule has 164 valence electrons. The molecule has 0 atom stereocenters. The lowest BCUT2D eigenvalue weighted by atomic mass is 10.1. The molecule has 1 aliphatic heterocycles. The Labute approximate surface area is 189 Å². The summed E-state index contributed by atoms with van der Waals surface area (Å²) in [6, 6.07) is 5.59. The predicted molar refractivity (Wildman–Crippen MR) is 125 cm³/mol. The van der Waals surface area contributed by atoms with Crippen LogP contribution in [0.2, 0.25) is 0 Å². The van der Waals surface area contributed by atoms with Crippen LogP contribution in [-0.2, 0) is 4.79 Å². The molecule has 0 unspecified atom stereocenters. The lowest BCUT2D eigenvalue weighted by Crippen LogP contribution is -2.36. The highest BCUT2D eigenvalue weighted by atomic mass is 32.1. The molecule has 1 aliphatic rings. The molecule has 1 amide bonds. The fourth-order valence-electron chi connectivity index (χ4n) is 3.52. The second-order valence-corrected chi connectivity index (χ2v) is 8.81. The van der Waals surface area contributed by atoms with Crippen LogP contribution in [0.4, 0.5) is 10.3 Å². The number of benzene rings is 1. The summed E-state index contributed by atoms with van der Waals surface area (Å²) < 4.78 is 10.7. The van der Waals surface area contributed by atoms with Crippen molar-refractivity contribution in [1.29, 1.82) is 0 Å². The standard InChI is InChI=1S/C21H25N5O3S2/c1-28-15-4-5-16(18(12-15)29-2)17-14-31-20(23-17)24-19(27)13-25-7-3-8-26(10-9-25)21-22-6-11-30-21/h4-6,11-12,14H,3,7-10,13H2,1-2H3,(H,23,24,27). The van der Waals surface area contributed by atoms with Gasteiger partial charge >= 0.3 is 0 Å². The maximum absolute atomic E-state index is 12.6. The van der Waals surface area contributed by atoms with E-state index in [0.717, 1.165) is 54.7 Å². The molecule has 0 radical (unpaired) electrons. The van der Waals surface area contributed by atoms with E-state index >= 15 is 0 Å². The van der Waals surface area contributed by atoms with E-state index in [4.69, 9.17) is 9.47 Å². The summed E-state index contributed by atoms with van der Waals surface area (Å²) in [5, 5.41) is 8.48. The van der Waals surface area contributed by atoms with Crippen molar-refractivity contribution in [2.24, 2.45) is 0 Å². The zero-order chi connectivity index (χ0) is 21.6. The van der Waals surface area contributed by atoms with Gasteiger partial charge in [0.2, 0.25) is 5.91 Å². The van der Waals surface area contributed by atoms with Gasteiger partial charge in [0.05, 0.1) is 26.5 Å². The zero-order valence-corrected chi connectivity index (χ0v) is 19.2. The van der Waals surface area contributed by atoms with E-state index < -0.39 is 0 Å². The number of aromatic nitrogens is 2. The summed E-state index contributed by atoms with van der Waals surface area (Å²) in [4.78, 5) is 26.0. The van der Waals surface area contributed by atoms with Gasteiger partial charge in [-0.15, -0.1) is 22.7 Å². The van der Waals surface area contributed by atoms with Crippen LogP contribution in [0, 0.1) is 0 Å².